The summed E-state index contributed by atoms with van der Waals surface area (Å²) < 4.78 is 5.55. The van der Waals surface area contributed by atoms with E-state index in [4.69, 9.17) is 4.74 Å². The van der Waals surface area contributed by atoms with Crippen molar-refractivity contribution in [3.05, 3.63) is 29.5 Å². The van der Waals surface area contributed by atoms with Gasteiger partial charge in [-0.15, -0.1) is 0 Å². The van der Waals surface area contributed by atoms with Crippen molar-refractivity contribution in [3.8, 4) is 5.75 Å². The first-order valence-electron chi connectivity index (χ1n) is 6.71. The zero-order chi connectivity index (χ0) is 13.0. The van der Waals surface area contributed by atoms with Crippen LogP contribution in [-0.4, -0.2) is 24.7 Å². The topological polar surface area (TPSA) is 37.0 Å². The largest absolute Gasteiger partial charge is 0.494 e. The lowest BCUT2D eigenvalue weighted by atomic mass is 10.1. The van der Waals surface area contributed by atoms with Gasteiger partial charge < -0.3 is 15.0 Å². The maximum absolute atomic E-state index is 5.55. The molecule has 0 unspecified atom stereocenters. The highest BCUT2D eigenvalue weighted by Gasteiger charge is 2.08. The van der Waals surface area contributed by atoms with E-state index in [-0.39, 0.29) is 0 Å². The minimum absolute atomic E-state index is 0.711. The summed E-state index contributed by atoms with van der Waals surface area (Å²) in [5.74, 6) is 0.949. The van der Waals surface area contributed by atoms with E-state index in [2.05, 4.69) is 36.3 Å². The molecule has 2 rings (SSSR count). The molecule has 0 atom stereocenters. The molecule has 0 saturated heterocycles. The smallest absolute Gasteiger partial charge is 0.120 e. The van der Waals surface area contributed by atoms with E-state index in [1.165, 1.54) is 22.2 Å². The number of nitrogens with one attached hydrogen (secondary N) is 2. The average Bonchev–Trinajstić information content (AvgIpc) is 2.68. The highest BCUT2D eigenvalue weighted by atomic mass is 16.5. The summed E-state index contributed by atoms with van der Waals surface area (Å²) in [6, 6.07) is 6.25. The van der Waals surface area contributed by atoms with Crippen LogP contribution in [0.25, 0.3) is 10.9 Å². The minimum Gasteiger partial charge on any atom is -0.494 e. The second kappa shape index (κ2) is 5.91. The molecule has 1 aromatic carbocycles. The lowest BCUT2D eigenvalue weighted by Crippen LogP contribution is -2.16. The number of hydrogen-bond acceptors (Lipinski definition) is 2. The number of aromatic nitrogens is 1. The van der Waals surface area contributed by atoms with Gasteiger partial charge in [-0.1, -0.05) is 6.92 Å². The first-order valence-corrected chi connectivity index (χ1v) is 6.71. The van der Waals surface area contributed by atoms with Crippen molar-refractivity contribution in [2.45, 2.75) is 27.2 Å². The molecule has 18 heavy (non-hydrogen) atoms. The van der Waals surface area contributed by atoms with Gasteiger partial charge in [0.2, 0.25) is 0 Å². The summed E-state index contributed by atoms with van der Waals surface area (Å²) in [6.45, 7) is 9.07. The van der Waals surface area contributed by atoms with E-state index >= 15 is 0 Å². The average molecular weight is 246 g/mol. The molecule has 0 spiro atoms. The fraction of sp³-hybridized carbons (Fsp3) is 0.467. The van der Waals surface area contributed by atoms with E-state index in [1.54, 1.807) is 0 Å². The van der Waals surface area contributed by atoms with Crippen LogP contribution in [0.5, 0.6) is 5.75 Å². The highest BCUT2D eigenvalue weighted by Crippen LogP contribution is 2.26. The van der Waals surface area contributed by atoms with Gasteiger partial charge in [0, 0.05) is 29.6 Å². The van der Waals surface area contributed by atoms with Crippen LogP contribution in [0.2, 0.25) is 0 Å². The van der Waals surface area contributed by atoms with Crippen molar-refractivity contribution in [1.29, 1.82) is 0 Å². The molecular formula is C15H22N2O. The first kappa shape index (κ1) is 13.0. The van der Waals surface area contributed by atoms with Crippen LogP contribution in [0.3, 0.4) is 0 Å². The van der Waals surface area contributed by atoms with Crippen molar-refractivity contribution >= 4 is 10.9 Å². The maximum atomic E-state index is 5.55. The lowest BCUT2D eigenvalue weighted by Gasteiger charge is -2.02. The summed E-state index contributed by atoms with van der Waals surface area (Å²) in [4.78, 5) is 3.50. The van der Waals surface area contributed by atoms with Crippen molar-refractivity contribution in [3.63, 3.8) is 0 Å². The van der Waals surface area contributed by atoms with E-state index in [0.29, 0.717) is 6.61 Å². The third kappa shape index (κ3) is 2.67. The number of aromatic amines is 1. The Bertz CT molecular complexity index is 516. The molecule has 0 aliphatic rings. The summed E-state index contributed by atoms with van der Waals surface area (Å²) in [5.41, 5.74) is 3.85. The van der Waals surface area contributed by atoms with E-state index in [9.17, 15) is 0 Å². The molecule has 0 aliphatic carbocycles. The molecule has 3 heteroatoms. The van der Waals surface area contributed by atoms with Crippen molar-refractivity contribution in [2.24, 2.45) is 0 Å². The highest BCUT2D eigenvalue weighted by molar-refractivity contribution is 5.85. The number of rotatable bonds is 6. The summed E-state index contributed by atoms with van der Waals surface area (Å²) in [6.07, 6.45) is 1.04. The van der Waals surface area contributed by atoms with Gasteiger partial charge in [0.1, 0.15) is 5.75 Å². The predicted molar refractivity (Wildman–Crippen MR) is 76.5 cm³/mol. The number of ether oxygens (including phenoxy) is 1. The van der Waals surface area contributed by atoms with Crippen molar-refractivity contribution < 1.29 is 4.74 Å². The fourth-order valence-corrected chi connectivity index (χ4v) is 2.26. The van der Waals surface area contributed by atoms with E-state index in [0.717, 1.165) is 25.3 Å². The molecule has 0 fully saturated rings. The fourth-order valence-electron chi connectivity index (χ4n) is 2.26. The van der Waals surface area contributed by atoms with Gasteiger partial charge in [-0.3, -0.25) is 0 Å². The second-order valence-corrected chi connectivity index (χ2v) is 4.47. The van der Waals surface area contributed by atoms with Gasteiger partial charge >= 0.3 is 0 Å². The van der Waals surface area contributed by atoms with Crippen molar-refractivity contribution in [1.82, 2.24) is 10.3 Å². The Balaban J connectivity index is 2.25. The molecule has 1 heterocycles. The minimum atomic E-state index is 0.711. The Morgan fingerprint density at radius 2 is 2.11 bits per heavy atom. The number of benzene rings is 1. The van der Waals surface area contributed by atoms with Gasteiger partial charge in [-0.25, -0.2) is 0 Å². The Labute approximate surface area is 109 Å². The molecule has 0 saturated carbocycles. The maximum Gasteiger partial charge on any atom is 0.120 e. The van der Waals surface area contributed by atoms with Crippen LogP contribution >= 0.6 is 0 Å². The zero-order valence-electron chi connectivity index (χ0n) is 11.5. The summed E-state index contributed by atoms with van der Waals surface area (Å²) >= 11 is 0. The van der Waals surface area contributed by atoms with Crippen molar-refractivity contribution in [2.75, 3.05) is 19.7 Å². The molecular weight excluding hydrogens is 224 g/mol. The molecule has 98 valence electrons. The number of hydrogen-bond donors (Lipinski definition) is 2. The number of fused-ring (bicyclic) bond motifs is 1. The molecule has 3 nitrogen and oxygen atoms in total. The van der Waals surface area contributed by atoms with Gasteiger partial charge in [0.25, 0.3) is 0 Å². The predicted octanol–water partition coefficient (Wildman–Crippen LogP) is 3.03. The monoisotopic (exact) mass is 246 g/mol. The molecule has 1 aromatic heterocycles. The Morgan fingerprint density at radius 1 is 1.28 bits per heavy atom. The Kier molecular flexibility index (Phi) is 4.26. The molecule has 0 bridgehead atoms. The van der Waals surface area contributed by atoms with Gasteiger partial charge in [-0.2, -0.15) is 0 Å². The van der Waals surface area contributed by atoms with Gasteiger partial charge in [0.15, 0.2) is 0 Å². The summed E-state index contributed by atoms with van der Waals surface area (Å²) in [7, 11) is 0. The molecule has 2 N–H and O–H groups in total. The molecule has 0 aliphatic heterocycles. The molecule has 2 aromatic rings. The Hall–Kier alpha value is -1.48. The van der Waals surface area contributed by atoms with Crippen LogP contribution in [0.15, 0.2) is 18.2 Å². The Morgan fingerprint density at radius 3 is 2.83 bits per heavy atom. The number of H-pyrrole nitrogens is 1. The van der Waals surface area contributed by atoms with Gasteiger partial charge in [0.05, 0.1) is 6.61 Å². The summed E-state index contributed by atoms with van der Waals surface area (Å²) in [5, 5.41) is 4.63. The quantitative estimate of drug-likeness (QED) is 0.769. The SMILES string of the molecule is CCNCCc1[nH]c2ccc(OCC)cc2c1C. The van der Waals surface area contributed by atoms with E-state index < -0.39 is 0 Å². The lowest BCUT2D eigenvalue weighted by molar-refractivity contribution is 0.340. The first-order chi connectivity index (χ1) is 8.76. The number of likely N-dealkylation sites (N-methyl/N-ethyl adjacent to an activating group) is 1. The van der Waals surface area contributed by atoms with Crippen LogP contribution in [0.1, 0.15) is 25.1 Å². The molecule has 0 radical (unpaired) electrons. The second-order valence-electron chi connectivity index (χ2n) is 4.47. The standard InChI is InChI=1S/C15H22N2O/c1-4-16-9-8-14-11(3)13-10-12(18-5-2)6-7-15(13)17-14/h6-7,10,16-17H,4-5,8-9H2,1-3H3. The van der Waals surface area contributed by atoms with Crippen LogP contribution in [-0.2, 0) is 6.42 Å². The normalized spacial score (nSPS) is 11.1. The van der Waals surface area contributed by atoms with Gasteiger partial charge in [-0.05, 0) is 44.2 Å². The van der Waals surface area contributed by atoms with Crippen LogP contribution in [0.4, 0.5) is 0 Å². The third-order valence-corrected chi connectivity index (χ3v) is 3.25. The molecule has 0 amide bonds. The van der Waals surface area contributed by atoms with Crippen LogP contribution < -0.4 is 10.1 Å². The zero-order valence-corrected chi connectivity index (χ0v) is 11.5. The third-order valence-electron chi connectivity index (χ3n) is 3.25. The number of aryl methyl sites for hydroxylation is 1. The van der Waals surface area contributed by atoms with Crippen LogP contribution in [0, 0.1) is 6.92 Å². The van der Waals surface area contributed by atoms with E-state index in [1.807, 2.05) is 13.0 Å².